The van der Waals surface area contributed by atoms with Crippen LogP contribution in [0.2, 0.25) is 0 Å². The third-order valence-corrected chi connectivity index (χ3v) is 3.47. The maximum Gasteiger partial charge on any atom is 0.251 e. The molecule has 17 heavy (non-hydrogen) atoms. The van der Waals surface area contributed by atoms with Gasteiger partial charge in [-0.3, -0.25) is 4.79 Å². The van der Waals surface area contributed by atoms with Gasteiger partial charge in [0, 0.05) is 16.6 Å². The highest BCUT2D eigenvalue weighted by molar-refractivity contribution is 9.10. The fourth-order valence-electron chi connectivity index (χ4n) is 1.78. The molecule has 0 saturated carbocycles. The summed E-state index contributed by atoms with van der Waals surface area (Å²) in [5.41, 5.74) is 1.81. The first-order valence-corrected chi connectivity index (χ1v) is 6.91. The van der Waals surface area contributed by atoms with Crippen molar-refractivity contribution in [3.05, 3.63) is 33.8 Å². The minimum absolute atomic E-state index is 0.0151. The van der Waals surface area contributed by atoms with E-state index in [2.05, 4.69) is 35.1 Å². The number of halogens is 1. The van der Waals surface area contributed by atoms with E-state index in [0.717, 1.165) is 35.0 Å². The molecule has 0 spiro atoms. The Morgan fingerprint density at radius 1 is 1.29 bits per heavy atom. The molecule has 1 rings (SSSR count). The van der Waals surface area contributed by atoms with Crippen LogP contribution >= 0.6 is 15.9 Å². The third-order valence-electron chi connectivity index (χ3n) is 3.01. The van der Waals surface area contributed by atoms with E-state index >= 15 is 0 Å². The van der Waals surface area contributed by atoms with Gasteiger partial charge in [0.25, 0.3) is 5.91 Å². The second-order valence-electron chi connectivity index (χ2n) is 4.41. The van der Waals surface area contributed by atoms with Crippen molar-refractivity contribution in [2.45, 2.75) is 33.6 Å². The average Bonchev–Trinajstić information content (AvgIpc) is 2.28. The molecule has 0 aliphatic rings. The van der Waals surface area contributed by atoms with E-state index in [9.17, 15) is 4.79 Å². The van der Waals surface area contributed by atoms with Crippen molar-refractivity contribution in [1.29, 1.82) is 0 Å². The third kappa shape index (κ3) is 4.50. The second kappa shape index (κ2) is 6.80. The van der Waals surface area contributed by atoms with E-state index in [1.54, 1.807) is 0 Å². The molecule has 0 aromatic heterocycles. The fraction of sp³-hybridized carbons (Fsp3) is 0.500. The Morgan fingerprint density at radius 3 is 2.47 bits per heavy atom. The first-order chi connectivity index (χ1) is 8.06. The molecular weight excluding hydrogens is 278 g/mol. The average molecular weight is 298 g/mol. The van der Waals surface area contributed by atoms with Crippen molar-refractivity contribution in [2.24, 2.45) is 5.92 Å². The van der Waals surface area contributed by atoms with Gasteiger partial charge in [0.2, 0.25) is 0 Å². The van der Waals surface area contributed by atoms with Crippen LogP contribution in [0, 0.1) is 12.8 Å². The van der Waals surface area contributed by atoms with Gasteiger partial charge in [0.1, 0.15) is 0 Å². The molecule has 0 fully saturated rings. The molecule has 0 aliphatic heterocycles. The highest BCUT2D eigenvalue weighted by Gasteiger charge is 2.09. The number of carbonyl (C=O) groups excluding carboxylic acids is 1. The van der Waals surface area contributed by atoms with E-state index in [1.807, 2.05) is 25.1 Å². The van der Waals surface area contributed by atoms with E-state index in [1.165, 1.54) is 0 Å². The van der Waals surface area contributed by atoms with Crippen molar-refractivity contribution < 1.29 is 4.79 Å². The Balaban J connectivity index is 2.63. The second-order valence-corrected chi connectivity index (χ2v) is 5.33. The fourth-order valence-corrected chi connectivity index (χ4v) is 2.39. The molecule has 3 heteroatoms. The Morgan fingerprint density at radius 2 is 1.94 bits per heavy atom. The molecule has 0 aliphatic carbocycles. The smallest absolute Gasteiger partial charge is 0.251 e. The normalized spacial score (nSPS) is 10.6. The number of hydrogen-bond acceptors (Lipinski definition) is 1. The van der Waals surface area contributed by atoms with Crippen molar-refractivity contribution in [2.75, 3.05) is 6.54 Å². The van der Waals surface area contributed by atoms with Crippen molar-refractivity contribution >= 4 is 21.8 Å². The van der Waals surface area contributed by atoms with Crippen LogP contribution in [-0.4, -0.2) is 12.5 Å². The largest absolute Gasteiger partial charge is 0.352 e. The number of nitrogens with one attached hydrogen (secondary N) is 1. The highest BCUT2D eigenvalue weighted by Crippen LogP contribution is 2.15. The first-order valence-electron chi connectivity index (χ1n) is 6.12. The minimum atomic E-state index is 0.0151. The number of hydrogen-bond donors (Lipinski definition) is 1. The minimum Gasteiger partial charge on any atom is -0.352 e. The maximum absolute atomic E-state index is 12.0. The zero-order valence-corrected chi connectivity index (χ0v) is 12.3. The summed E-state index contributed by atoms with van der Waals surface area (Å²) < 4.78 is 0.949. The van der Waals surface area contributed by atoms with Gasteiger partial charge >= 0.3 is 0 Å². The molecule has 1 N–H and O–H groups in total. The molecule has 0 saturated heterocycles. The van der Waals surface area contributed by atoms with Crippen molar-refractivity contribution in [1.82, 2.24) is 5.32 Å². The number of carbonyl (C=O) groups is 1. The summed E-state index contributed by atoms with van der Waals surface area (Å²) in [6.07, 6.45) is 2.21. The van der Waals surface area contributed by atoms with Crippen LogP contribution in [0.1, 0.15) is 42.6 Å². The topological polar surface area (TPSA) is 29.1 Å². The molecule has 1 aromatic carbocycles. The Labute approximate surface area is 112 Å². The lowest BCUT2D eigenvalue weighted by Crippen LogP contribution is -2.28. The summed E-state index contributed by atoms with van der Waals surface area (Å²) in [5, 5.41) is 3.00. The molecular formula is C14H20BrNO. The molecule has 0 radical (unpaired) electrons. The zero-order chi connectivity index (χ0) is 12.8. The molecule has 1 amide bonds. The quantitative estimate of drug-likeness (QED) is 0.877. The number of amides is 1. The van der Waals surface area contributed by atoms with Gasteiger partial charge < -0.3 is 5.32 Å². The monoisotopic (exact) mass is 297 g/mol. The molecule has 94 valence electrons. The van der Waals surface area contributed by atoms with Crippen LogP contribution in [0.15, 0.2) is 22.7 Å². The van der Waals surface area contributed by atoms with Crippen LogP contribution in [0.25, 0.3) is 0 Å². The standard InChI is InChI=1S/C14H20BrNO/c1-4-11(5-2)9-16-14(17)12-6-10(3)7-13(15)8-12/h6-8,11H,4-5,9H2,1-3H3,(H,16,17). The summed E-state index contributed by atoms with van der Waals surface area (Å²) >= 11 is 3.41. The van der Waals surface area contributed by atoms with Gasteiger partial charge in [0.05, 0.1) is 0 Å². The molecule has 0 heterocycles. The Kier molecular flexibility index (Phi) is 5.69. The Hall–Kier alpha value is -0.830. The SMILES string of the molecule is CCC(CC)CNC(=O)c1cc(C)cc(Br)c1. The number of aryl methyl sites for hydroxylation is 1. The summed E-state index contributed by atoms with van der Waals surface area (Å²) in [5.74, 6) is 0.591. The summed E-state index contributed by atoms with van der Waals surface area (Å²) in [6.45, 7) is 7.06. The van der Waals surface area contributed by atoms with E-state index in [-0.39, 0.29) is 5.91 Å². The van der Waals surface area contributed by atoms with Gasteiger partial charge in [0.15, 0.2) is 0 Å². The maximum atomic E-state index is 12.0. The number of rotatable bonds is 5. The van der Waals surface area contributed by atoms with Crippen LogP contribution < -0.4 is 5.32 Å². The summed E-state index contributed by atoms with van der Waals surface area (Å²) in [7, 11) is 0. The van der Waals surface area contributed by atoms with Crippen LogP contribution in [0.4, 0.5) is 0 Å². The first kappa shape index (κ1) is 14.2. The Bertz CT molecular complexity index is 366. The van der Waals surface area contributed by atoms with Crippen LogP contribution in [0.5, 0.6) is 0 Å². The van der Waals surface area contributed by atoms with Crippen molar-refractivity contribution in [3.8, 4) is 0 Å². The van der Waals surface area contributed by atoms with E-state index < -0.39 is 0 Å². The van der Waals surface area contributed by atoms with Crippen LogP contribution in [0.3, 0.4) is 0 Å². The van der Waals surface area contributed by atoms with E-state index in [0.29, 0.717) is 5.92 Å². The van der Waals surface area contributed by atoms with Gasteiger partial charge in [-0.25, -0.2) is 0 Å². The predicted molar refractivity (Wildman–Crippen MR) is 75.3 cm³/mol. The summed E-state index contributed by atoms with van der Waals surface area (Å²) in [6, 6.07) is 5.76. The molecule has 0 atom stereocenters. The van der Waals surface area contributed by atoms with Gasteiger partial charge in [-0.2, -0.15) is 0 Å². The predicted octanol–water partition coefficient (Wildman–Crippen LogP) is 3.92. The van der Waals surface area contributed by atoms with Gasteiger partial charge in [-0.05, 0) is 36.6 Å². The van der Waals surface area contributed by atoms with E-state index in [4.69, 9.17) is 0 Å². The lowest BCUT2D eigenvalue weighted by atomic mass is 10.0. The molecule has 1 aromatic rings. The summed E-state index contributed by atoms with van der Waals surface area (Å²) in [4.78, 5) is 12.0. The molecule has 0 unspecified atom stereocenters. The molecule has 0 bridgehead atoms. The van der Waals surface area contributed by atoms with Gasteiger partial charge in [-0.15, -0.1) is 0 Å². The molecule has 2 nitrogen and oxygen atoms in total. The number of benzene rings is 1. The van der Waals surface area contributed by atoms with Gasteiger partial charge in [-0.1, -0.05) is 42.6 Å². The zero-order valence-electron chi connectivity index (χ0n) is 10.7. The van der Waals surface area contributed by atoms with Crippen molar-refractivity contribution in [3.63, 3.8) is 0 Å². The lowest BCUT2D eigenvalue weighted by molar-refractivity contribution is 0.0946. The highest BCUT2D eigenvalue weighted by atomic mass is 79.9. The lowest BCUT2D eigenvalue weighted by Gasteiger charge is -2.13. The van der Waals surface area contributed by atoms with Crippen LogP contribution in [-0.2, 0) is 0 Å².